The van der Waals surface area contributed by atoms with Crippen LogP contribution in [0.4, 0.5) is 0 Å². The van der Waals surface area contributed by atoms with Crippen molar-refractivity contribution in [3.63, 3.8) is 0 Å². The minimum Gasteiger partial charge on any atom is -0.486 e. The third-order valence-electron chi connectivity index (χ3n) is 3.43. The lowest BCUT2D eigenvalue weighted by atomic mass is 10.0. The maximum Gasteiger partial charge on any atom is 0.224 e. The molecule has 0 unspecified atom stereocenters. The number of nitrogens with one attached hydrogen (secondary N) is 2. The van der Waals surface area contributed by atoms with Gasteiger partial charge in [0.2, 0.25) is 5.91 Å². The third-order valence-corrected chi connectivity index (χ3v) is 3.43. The molecule has 2 aliphatic heterocycles. The summed E-state index contributed by atoms with van der Waals surface area (Å²) in [4.78, 5) is 11.8. The van der Waals surface area contributed by atoms with E-state index in [-0.39, 0.29) is 5.91 Å². The summed E-state index contributed by atoms with van der Waals surface area (Å²) in [5, 5.41) is 6.15. The van der Waals surface area contributed by atoms with E-state index in [0.717, 1.165) is 36.7 Å². The maximum absolute atomic E-state index is 11.8. The SMILES string of the molecule is O=C(Cc1ccc2c(c1)OCCO2)NCC1CNC1. The molecule has 0 saturated carbocycles. The van der Waals surface area contributed by atoms with Crippen molar-refractivity contribution in [3.8, 4) is 11.5 Å². The van der Waals surface area contributed by atoms with E-state index in [1.165, 1.54) is 0 Å². The van der Waals surface area contributed by atoms with Gasteiger partial charge in [-0.25, -0.2) is 0 Å². The zero-order valence-corrected chi connectivity index (χ0v) is 10.8. The molecule has 2 heterocycles. The normalized spacial score (nSPS) is 17.7. The monoisotopic (exact) mass is 262 g/mol. The van der Waals surface area contributed by atoms with Crippen molar-refractivity contribution in [1.82, 2.24) is 10.6 Å². The average molecular weight is 262 g/mol. The number of fused-ring (bicyclic) bond motifs is 1. The molecule has 0 bridgehead atoms. The number of hydrogen-bond acceptors (Lipinski definition) is 4. The minimum atomic E-state index is 0.0589. The molecule has 0 spiro atoms. The van der Waals surface area contributed by atoms with Crippen LogP contribution < -0.4 is 20.1 Å². The number of benzene rings is 1. The molecule has 2 N–H and O–H groups in total. The lowest BCUT2D eigenvalue weighted by molar-refractivity contribution is -0.120. The molecule has 1 aromatic carbocycles. The Labute approximate surface area is 112 Å². The number of carbonyl (C=O) groups excluding carboxylic acids is 1. The summed E-state index contributed by atoms with van der Waals surface area (Å²) < 4.78 is 11.0. The van der Waals surface area contributed by atoms with E-state index in [9.17, 15) is 4.79 Å². The van der Waals surface area contributed by atoms with E-state index in [1.807, 2.05) is 18.2 Å². The molecule has 0 atom stereocenters. The maximum atomic E-state index is 11.8. The Morgan fingerprint density at radius 1 is 1.26 bits per heavy atom. The van der Waals surface area contributed by atoms with E-state index in [2.05, 4.69) is 10.6 Å². The van der Waals surface area contributed by atoms with Crippen molar-refractivity contribution in [2.45, 2.75) is 6.42 Å². The second kappa shape index (κ2) is 5.48. The van der Waals surface area contributed by atoms with Crippen LogP contribution in [0.15, 0.2) is 18.2 Å². The smallest absolute Gasteiger partial charge is 0.224 e. The predicted octanol–water partition coefficient (Wildman–Crippen LogP) is 0.336. The molecule has 5 heteroatoms. The van der Waals surface area contributed by atoms with Crippen LogP contribution in [-0.4, -0.2) is 38.8 Å². The standard InChI is InChI=1S/C14H18N2O3/c17-14(16-9-11-7-15-8-11)6-10-1-2-12-13(5-10)19-4-3-18-12/h1-2,5,11,15H,3-4,6-9H2,(H,16,17). The van der Waals surface area contributed by atoms with Gasteiger partial charge >= 0.3 is 0 Å². The first-order valence-corrected chi connectivity index (χ1v) is 6.67. The van der Waals surface area contributed by atoms with Gasteiger partial charge in [0.15, 0.2) is 11.5 Å². The van der Waals surface area contributed by atoms with Gasteiger partial charge in [-0.3, -0.25) is 4.79 Å². The highest BCUT2D eigenvalue weighted by Crippen LogP contribution is 2.30. The highest BCUT2D eigenvalue weighted by Gasteiger charge is 2.17. The van der Waals surface area contributed by atoms with Crippen LogP contribution in [0.3, 0.4) is 0 Å². The molecular formula is C14H18N2O3. The summed E-state index contributed by atoms with van der Waals surface area (Å²) in [7, 11) is 0. The Bertz CT molecular complexity index is 472. The van der Waals surface area contributed by atoms with Crippen LogP contribution >= 0.6 is 0 Å². The molecule has 1 aromatic rings. The van der Waals surface area contributed by atoms with E-state index >= 15 is 0 Å². The summed E-state index contributed by atoms with van der Waals surface area (Å²) in [5.41, 5.74) is 0.952. The van der Waals surface area contributed by atoms with Crippen molar-refractivity contribution in [1.29, 1.82) is 0 Å². The first kappa shape index (κ1) is 12.3. The minimum absolute atomic E-state index is 0.0589. The number of ether oxygens (including phenoxy) is 2. The first-order chi connectivity index (χ1) is 9.31. The second-order valence-corrected chi connectivity index (χ2v) is 4.98. The Hall–Kier alpha value is -1.75. The highest BCUT2D eigenvalue weighted by molar-refractivity contribution is 5.78. The first-order valence-electron chi connectivity index (χ1n) is 6.67. The second-order valence-electron chi connectivity index (χ2n) is 4.98. The van der Waals surface area contributed by atoms with Crippen molar-refractivity contribution in [3.05, 3.63) is 23.8 Å². The lowest BCUT2D eigenvalue weighted by Crippen LogP contribution is -2.48. The average Bonchev–Trinajstić information content (AvgIpc) is 2.37. The molecule has 0 aliphatic carbocycles. The molecule has 19 heavy (non-hydrogen) atoms. The summed E-state index contributed by atoms with van der Waals surface area (Å²) in [6, 6.07) is 5.67. The summed E-state index contributed by atoms with van der Waals surface area (Å²) >= 11 is 0. The van der Waals surface area contributed by atoms with Gasteiger partial charge in [0.25, 0.3) is 0 Å². The van der Waals surface area contributed by atoms with E-state index in [4.69, 9.17) is 9.47 Å². The van der Waals surface area contributed by atoms with Crippen LogP contribution in [0.2, 0.25) is 0 Å². The zero-order valence-electron chi connectivity index (χ0n) is 10.8. The molecule has 0 aromatic heterocycles. The topological polar surface area (TPSA) is 59.6 Å². The van der Waals surface area contributed by atoms with Crippen LogP contribution in [0, 0.1) is 5.92 Å². The number of amides is 1. The molecule has 0 radical (unpaired) electrons. The molecule has 5 nitrogen and oxygen atoms in total. The van der Waals surface area contributed by atoms with Crippen molar-refractivity contribution < 1.29 is 14.3 Å². The van der Waals surface area contributed by atoms with Gasteiger partial charge in [0.05, 0.1) is 6.42 Å². The number of hydrogen-bond donors (Lipinski definition) is 2. The number of rotatable bonds is 4. The Morgan fingerprint density at radius 2 is 2.05 bits per heavy atom. The van der Waals surface area contributed by atoms with E-state index < -0.39 is 0 Å². The van der Waals surface area contributed by atoms with Gasteiger partial charge < -0.3 is 20.1 Å². The largest absolute Gasteiger partial charge is 0.486 e. The Balaban J connectivity index is 1.54. The van der Waals surface area contributed by atoms with Gasteiger partial charge in [0.1, 0.15) is 13.2 Å². The Morgan fingerprint density at radius 3 is 2.79 bits per heavy atom. The fraction of sp³-hybridized carbons (Fsp3) is 0.500. The fourth-order valence-corrected chi connectivity index (χ4v) is 2.20. The van der Waals surface area contributed by atoms with E-state index in [1.54, 1.807) is 0 Å². The van der Waals surface area contributed by atoms with E-state index in [0.29, 0.717) is 25.6 Å². The molecule has 1 fully saturated rings. The van der Waals surface area contributed by atoms with Crippen molar-refractivity contribution >= 4 is 5.91 Å². The molecule has 2 aliphatic rings. The van der Waals surface area contributed by atoms with Gasteiger partial charge in [0, 0.05) is 25.6 Å². The molecular weight excluding hydrogens is 244 g/mol. The molecule has 1 saturated heterocycles. The Kier molecular flexibility index (Phi) is 3.55. The summed E-state index contributed by atoms with van der Waals surface area (Å²) in [6.07, 6.45) is 0.386. The van der Waals surface area contributed by atoms with Crippen LogP contribution in [-0.2, 0) is 11.2 Å². The molecule has 1 amide bonds. The molecule has 102 valence electrons. The van der Waals surface area contributed by atoms with Gasteiger partial charge in [-0.1, -0.05) is 6.07 Å². The highest BCUT2D eigenvalue weighted by atomic mass is 16.6. The number of carbonyl (C=O) groups is 1. The quantitative estimate of drug-likeness (QED) is 0.821. The lowest BCUT2D eigenvalue weighted by Gasteiger charge is -2.27. The zero-order chi connectivity index (χ0) is 13.1. The van der Waals surface area contributed by atoms with Crippen LogP contribution in [0.5, 0.6) is 11.5 Å². The van der Waals surface area contributed by atoms with Gasteiger partial charge in [-0.2, -0.15) is 0 Å². The van der Waals surface area contributed by atoms with Crippen LogP contribution in [0.1, 0.15) is 5.56 Å². The molecule has 3 rings (SSSR count). The van der Waals surface area contributed by atoms with Crippen molar-refractivity contribution in [2.75, 3.05) is 32.8 Å². The fourth-order valence-electron chi connectivity index (χ4n) is 2.20. The summed E-state index contributed by atoms with van der Waals surface area (Å²) in [5.74, 6) is 2.14. The third kappa shape index (κ3) is 2.98. The van der Waals surface area contributed by atoms with Gasteiger partial charge in [-0.05, 0) is 17.7 Å². The predicted molar refractivity (Wildman–Crippen MR) is 70.5 cm³/mol. The van der Waals surface area contributed by atoms with Gasteiger partial charge in [-0.15, -0.1) is 0 Å². The van der Waals surface area contributed by atoms with Crippen molar-refractivity contribution in [2.24, 2.45) is 5.92 Å². The van der Waals surface area contributed by atoms with Crippen LogP contribution in [0.25, 0.3) is 0 Å². The summed E-state index contributed by atoms with van der Waals surface area (Å²) in [6.45, 7) is 3.92.